The number of aromatic nitrogens is 3. The van der Waals surface area contributed by atoms with E-state index in [0.29, 0.717) is 12.0 Å². The predicted octanol–water partition coefficient (Wildman–Crippen LogP) is 0.784. The van der Waals surface area contributed by atoms with Gasteiger partial charge in [0.05, 0.1) is 6.54 Å². The van der Waals surface area contributed by atoms with Crippen molar-refractivity contribution in [3.8, 4) is 0 Å². The van der Waals surface area contributed by atoms with Crippen LogP contribution < -0.4 is 5.73 Å². The lowest BCUT2D eigenvalue weighted by atomic mass is 9.94. The predicted molar refractivity (Wildman–Crippen MR) is 70.0 cm³/mol. The highest BCUT2D eigenvalue weighted by molar-refractivity contribution is 4.99. The van der Waals surface area contributed by atoms with E-state index in [9.17, 15) is 0 Å². The Morgan fingerprint density at radius 3 is 3.00 bits per heavy atom. The Bertz CT molecular complexity index is 414. The first kappa shape index (κ1) is 12.1. The molecule has 2 aliphatic heterocycles. The highest BCUT2D eigenvalue weighted by Gasteiger charge is 2.25. The van der Waals surface area contributed by atoms with Crippen LogP contribution in [0.2, 0.25) is 0 Å². The van der Waals surface area contributed by atoms with Gasteiger partial charge in [-0.1, -0.05) is 6.92 Å². The fourth-order valence-electron chi connectivity index (χ4n) is 3.00. The molecule has 1 fully saturated rings. The van der Waals surface area contributed by atoms with E-state index in [1.165, 1.54) is 25.1 Å². The monoisotopic (exact) mass is 249 g/mol. The van der Waals surface area contributed by atoms with Gasteiger partial charge in [0.15, 0.2) is 0 Å². The summed E-state index contributed by atoms with van der Waals surface area (Å²) >= 11 is 0. The van der Waals surface area contributed by atoms with Crippen LogP contribution in [0, 0.1) is 5.92 Å². The summed E-state index contributed by atoms with van der Waals surface area (Å²) in [7, 11) is 0. The second kappa shape index (κ2) is 4.97. The summed E-state index contributed by atoms with van der Waals surface area (Å²) in [6.07, 6.45) is 4.80. The van der Waals surface area contributed by atoms with Gasteiger partial charge in [-0.15, -0.1) is 10.2 Å². The lowest BCUT2D eigenvalue weighted by Crippen LogP contribution is -2.47. The molecule has 0 spiro atoms. The van der Waals surface area contributed by atoms with E-state index < -0.39 is 0 Å². The van der Waals surface area contributed by atoms with Crippen LogP contribution in [0.3, 0.4) is 0 Å². The molecule has 0 radical (unpaired) electrons. The van der Waals surface area contributed by atoms with Crippen molar-refractivity contribution >= 4 is 0 Å². The molecule has 3 rings (SSSR count). The zero-order valence-electron chi connectivity index (χ0n) is 11.2. The van der Waals surface area contributed by atoms with Crippen molar-refractivity contribution in [2.24, 2.45) is 11.7 Å². The lowest BCUT2D eigenvalue weighted by molar-refractivity contribution is 0.157. The van der Waals surface area contributed by atoms with Crippen molar-refractivity contribution in [2.75, 3.05) is 13.1 Å². The molecule has 1 saturated heterocycles. The lowest BCUT2D eigenvalue weighted by Gasteiger charge is -2.34. The van der Waals surface area contributed by atoms with Crippen molar-refractivity contribution in [2.45, 2.75) is 51.7 Å². The van der Waals surface area contributed by atoms with Gasteiger partial charge in [0.2, 0.25) is 0 Å². The summed E-state index contributed by atoms with van der Waals surface area (Å²) in [4.78, 5) is 2.43. The van der Waals surface area contributed by atoms with E-state index in [-0.39, 0.29) is 0 Å². The van der Waals surface area contributed by atoms with Gasteiger partial charge in [-0.25, -0.2) is 0 Å². The van der Waals surface area contributed by atoms with Crippen LogP contribution in [0.15, 0.2) is 0 Å². The first-order valence-electron chi connectivity index (χ1n) is 7.13. The summed E-state index contributed by atoms with van der Waals surface area (Å²) < 4.78 is 2.31. The Morgan fingerprint density at radius 2 is 2.17 bits per heavy atom. The fraction of sp³-hybridized carbons (Fsp3) is 0.846. The van der Waals surface area contributed by atoms with E-state index in [1.54, 1.807) is 0 Å². The quantitative estimate of drug-likeness (QED) is 0.841. The molecule has 5 heteroatoms. The van der Waals surface area contributed by atoms with E-state index in [2.05, 4.69) is 26.6 Å². The van der Waals surface area contributed by atoms with Crippen LogP contribution in [-0.4, -0.2) is 38.8 Å². The molecule has 0 aromatic carbocycles. The molecule has 2 unspecified atom stereocenters. The minimum atomic E-state index is 0.308. The number of likely N-dealkylation sites (tertiary alicyclic amines) is 1. The molecule has 2 atom stereocenters. The molecule has 0 aliphatic carbocycles. The molecule has 1 aromatic heterocycles. The normalized spacial score (nSPS) is 29.2. The molecular formula is C13H23N5. The first-order valence-corrected chi connectivity index (χ1v) is 7.13. The minimum Gasteiger partial charge on any atom is -0.326 e. The minimum absolute atomic E-state index is 0.308. The van der Waals surface area contributed by atoms with Crippen molar-refractivity contribution in [3.63, 3.8) is 0 Å². The maximum Gasteiger partial charge on any atom is 0.147 e. The van der Waals surface area contributed by atoms with Crippen molar-refractivity contribution in [1.82, 2.24) is 19.7 Å². The number of rotatable bonds is 2. The molecule has 1 aromatic rings. The van der Waals surface area contributed by atoms with Gasteiger partial charge in [0.1, 0.15) is 11.6 Å². The summed E-state index contributed by atoms with van der Waals surface area (Å²) in [5, 5.41) is 8.68. The average molecular weight is 249 g/mol. The highest BCUT2D eigenvalue weighted by atomic mass is 15.3. The van der Waals surface area contributed by atoms with Crippen molar-refractivity contribution in [1.29, 1.82) is 0 Å². The molecule has 2 aliphatic rings. The Labute approximate surface area is 108 Å². The van der Waals surface area contributed by atoms with Gasteiger partial charge in [-0.2, -0.15) is 0 Å². The molecule has 5 nitrogen and oxygen atoms in total. The zero-order valence-corrected chi connectivity index (χ0v) is 11.2. The number of fused-ring (bicyclic) bond motifs is 1. The number of nitrogens with two attached hydrogens (primary N) is 1. The topological polar surface area (TPSA) is 60.0 Å². The molecule has 0 amide bonds. The fourth-order valence-corrected chi connectivity index (χ4v) is 3.00. The van der Waals surface area contributed by atoms with Crippen molar-refractivity contribution < 1.29 is 0 Å². The second-order valence-corrected chi connectivity index (χ2v) is 5.81. The molecule has 100 valence electrons. The molecule has 0 saturated carbocycles. The smallest absolute Gasteiger partial charge is 0.147 e. The Balaban J connectivity index is 1.68. The maximum atomic E-state index is 6.15. The van der Waals surface area contributed by atoms with Gasteiger partial charge in [0.25, 0.3) is 0 Å². The number of aryl methyl sites for hydroxylation is 1. The van der Waals surface area contributed by atoms with Crippen LogP contribution in [0.5, 0.6) is 0 Å². The number of piperidine rings is 1. The van der Waals surface area contributed by atoms with Gasteiger partial charge >= 0.3 is 0 Å². The largest absolute Gasteiger partial charge is 0.326 e. The molecule has 0 bridgehead atoms. The number of nitrogens with zero attached hydrogens (tertiary/aromatic N) is 4. The molecular weight excluding hydrogens is 226 g/mol. The summed E-state index contributed by atoms with van der Waals surface area (Å²) in [6, 6.07) is 0.308. The maximum absolute atomic E-state index is 6.15. The molecule has 18 heavy (non-hydrogen) atoms. The van der Waals surface area contributed by atoms with Crippen molar-refractivity contribution in [3.05, 3.63) is 11.6 Å². The molecule has 2 N–H and O–H groups in total. The van der Waals surface area contributed by atoms with Crippen LogP contribution in [-0.2, 0) is 19.5 Å². The van der Waals surface area contributed by atoms with Gasteiger partial charge in [-0.3, -0.25) is 4.90 Å². The third-order valence-corrected chi connectivity index (χ3v) is 4.40. The summed E-state index contributed by atoms with van der Waals surface area (Å²) in [5.74, 6) is 2.95. The zero-order chi connectivity index (χ0) is 12.5. The van der Waals surface area contributed by atoms with Gasteiger partial charge < -0.3 is 10.3 Å². The van der Waals surface area contributed by atoms with Crippen LogP contribution in [0.25, 0.3) is 0 Å². The Kier molecular flexibility index (Phi) is 3.35. The number of hydrogen-bond acceptors (Lipinski definition) is 4. The third-order valence-electron chi connectivity index (χ3n) is 4.40. The highest BCUT2D eigenvalue weighted by Crippen LogP contribution is 2.19. The average Bonchev–Trinajstić information content (AvgIpc) is 2.78. The standard InChI is InChI=1S/C13H23N5/c1-10-5-7-17(8-11(10)14)9-13-16-15-12-4-2-3-6-18(12)13/h10-11H,2-9,14H2,1H3. The van der Waals surface area contributed by atoms with E-state index >= 15 is 0 Å². The van der Waals surface area contributed by atoms with Crippen LogP contribution >= 0.6 is 0 Å². The Hall–Kier alpha value is -0.940. The first-order chi connectivity index (χ1) is 8.74. The summed E-state index contributed by atoms with van der Waals surface area (Å²) in [5.41, 5.74) is 6.15. The van der Waals surface area contributed by atoms with Gasteiger partial charge in [-0.05, 0) is 31.7 Å². The summed E-state index contributed by atoms with van der Waals surface area (Å²) in [6.45, 7) is 6.38. The van der Waals surface area contributed by atoms with Gasteiger partial charge in [0, 0.05) is 25.6 Å². The third kappa shape index (κ3) is 2.29. The van der Waals surface area contributed by atoms with E-state index in [0.717, 1.165) is 38.4 Å². The van der Waals surface area contributed by atoms with E-state index in [4.69, 9.17) is 5.73 Å². The number of hydrogen-bond donors (Lipinski definition) is 1. The molecule has 3 heterocycles. The van der Waals surface area contributed by atoms with Crippen LogP contribution in [0.4, 0.5) is 0 Å². The Morgan fingerprint density at radius 1 is 1.28 bits per heavy atom. The van der Waals surface area contributed by atoms with Crippen LogP contribution in [0.1, 0.15) is 37.8 Å². The van der Waals surface area contributed by atoms with E-state index in [1.807, 2.05) is 0 Å². The second-order valence-electron chi connectivity index (χ2n) is 5.81. The SMILES string of the molecule is CC1CCN(Cc2nnc3n2CCCC3)CC1N.